The maximum atomic E-state index is 12.6. The van der Waals surface area contributed by atoms with Gasteiger partial charge in [-0.15, -0.1) is 11.3 Å². The Kier molecular flexibility index (Phi) is 3.42. The number of hydrogen-bond donors (Lipinski definition) is 0. The van der Waals surface area contributed by atoms with Crippen molar-refractivity contribution in [2.24, 2.45) is 11.8 Å². The molecule has 2 unspecified atom stereocenters. The second-order valence-electron chi connectivity index (χ2n) is 6.40. The molecule has 0 radical (unpaired) electrons. The van der Waals surface area contributed by atoms with Gasteiger partial charge in [0, 0.05) is 18.0 Å². The summed E-state index contributed by atoms with van der Waals surface area (Å²) in [6.45, 7) is 4.49. The number of nitrogens with zero attached hydrogens (tertiary/aromatic N) is 1. The van der Waals surface area contributed by atoms with Crippen LogP contribution in [0.5, 0.6) is 0 Å². The summed E-state index contributed by atoms with van der Waals surface area (Å²) in [5, 5.41) is 0. The predicted molar refractivity (Wildman–Crippen MR) is 79.8 cm³/mol. The molecule has 1 saturated carbocycles. The van der Waals surface area contributed by atoms with Gasteiger partial charge in [0.15, 0.2) is 0 Å². The minimum atomic E-state index is 0.228. The van der Waals surface area contributed by atoms with Crippen LogP contribution in [0.15, 0.2) is 6.07 Å². The highest BCUT2D eigenvalue weighted by atomic mass is 32.1. The summed E-state index contributed by atoms with van der Waals surface area (Å²) in [6.07, 6.45) is 6.17. The van der Waals surface area contributed by atoms with E-state index >= 15 is 0 Å². The Morgan fingerprint density at radius 1 is 1.42 bits per heavy atom. The molecule has 0 saturated heterocycles. The molecule has 3 heteroatoms. The summed E-state index contributed by atoms with van der Waals surface area (Å²) in [6, 6.07) is 2.55. The highest BCUT2D eigenvalue weighted by Crippen LogP contribution is 2.36. The van der Waals surface area contributed by atoms with Gasteiger partial charge in [0.2, 0.25) is 0 Å². The van der Waals surface area contributed by atoms with E-state index in [1.165, 1.54) is 29.7 Å². The number of aryl methyl sites for hydroxylation is 1. The van der Waals surface area contributed by atoms with Crippen molar-refractivity contribution in [3.05, 3.63) is 21.4 Å². The number of rotatable bonds is 3. The molecule has 2 atom stereocenters. The van der Waals surface area contributed by atoms with Gasteiger partial charge < -0.3 is 4.90 Å². The SMILES string of the molecule is CC1CCc2sc(C(=O)N(C)C(C)C3CC3)cc2C1. The van der Waals surface area contributed by atoms with E-state index in [2.05, 4.69) is 19.9 Å². The standard InChI is InChI=1S/C16H23NOS/c1-10-4-7-14-13(8-10)9-15(19-14)16(18)17(3)11(2)12-5-6-12/h9-12H,4-8H2,1-3H3. The average Bonchev–Trinajstić information content (AvgIpc) is 3.16. The van der Waals surface area contributed by atoms with Crippen molar-refractivity contribution in [2.45, 2.75) is 52.0 Å². The molecule has 2 aliphatic carbocycles. The second kappa shape index (κ2) is 4.93. The molecule has 3 rings (SSSR count). The normalized spacial score (nSPS) is 23.8. The van der Waals surface area contributed by atoms with Crippen molar-refractivity contribution in [2.75, 3.05) is 7.05 Å². The third kappa shape index (κ3) is 2.58. The first-order valence-corrected chi connectivity index (χ1v) is 8.26. The minimum Gasteiger partial charge on any atom is -0.338 e. The maximum absolute atomic E-state index is 12.6. The van der Waals surface area contributed by atoms with E-state index in [1.807, 2.05) is 11.9 Å². The Morgan fingerprint density at radius 3 is 2.84 bits per heavy atom. The van der Waals surface area contributed by atoms with Crippen LogP contribution >= 0.6 is 11.3 Å². The second-order valence-corrected chi connectivity index (χ2v) is 7.54. The third-order valence-corrected chi connectivity index (χ3v) is 6.00. The van der Waals surface area contributed by atoms with Gasteiger partial charge in [-0.1, -0.05) is 6.92 Å². The number of carbonyl (C=O) groups excluding carboxylic acids is 1. The summed E-state index contributed by atoms with van der Waals surface area (Å²) in [7, 11) is 1.96. The number of amides is 1. The molecule has 1 aromatic heterocycles. The zero-order valence-corrected chi connectivity index (χ0v) is 12.9. The smallest absolute Gasteiger partial charge is 0.263 e. The van der Waals surface area contributed by atoms with Gasteiger partial charge in [-0.25, -0.2) is 0 Å². The number of thiophene rings is 1. The lowest BCUT2D eigenvalue weighted by atomic mass is 9.90. The van der Waals surface area contributed by atoms with E-state index in [1.54, 1.807) is 11.3 Å². The van der Waals surface area contributed by atoms with Crippen LogP contribution in [0, 0.1) is 11.8 Å². The fourth-order valence-corrected chi connectivity index (χ4v) is 4.26. The first-order chi connectivity index (χ1) is 9.06. The molecule has 0 aromatic carbocycles. The molecule has 1 amide bonds. The summed E-state index contributed by atoms with van der Waals surface area (Å²) in [5.41, 5.74) is 1.43. The molecule has 2 nitrogen and oxygen atoms in total. The van der Waals surface area contributed by atoms with Crippen LogP contribution < -0.4 is 0 Å². The lowest BCUT2D eigenvalue weighted by molar-refractivity contribution is 0.0732. The van der Waals surface area contributed by atoms with Crippen molar-refractivity contribution in [3.63, 3.8) is 0 Å². The Labute approximate surface area is 119 Å². The molecule has 1 aromatic rings. The van der Waals surface area contributed by atoms with E-state index in [4.69, 9.17) is 0 Å². The van der Waals surface area contributed by atoms with Gasteiger partial charge in [0.25, 0.3) is 5.91 Å². The largest absolute Gasteiger partial charge is 0.338 e. The van der Waals surface area contributed by atoms with Crippen molar-refractivity contribution in [3.8, 4) is 0 Å². The highest BCUT2D eigenvalue weighted by Gasteiger charge is 2.33. The number of carbonyl (C=O) groups is 1. The molecule has 19 heavy (non-hydrogen) atoms. The van der Waals surface area contributed by atoms with Crippen LogP contribution in [-0.4, -0.2) is 23.9 Å². The number of hydrogen-bond acceptors (Lipinski definition) is 2. The maximum Gasteiger partial charge on any atom is 0.263 e. The van der Waals surface area contributed by atoms with Crippen molar-refractivity contribution >= 4 is 17.2 Å². The Bertz CT molecular complexity index is 489. The molecule has 2 aliphatic rings. The summed E-state index contributed by atoms with van der Waals surface area (Å²) >= 11 is 1.73. The van der Waals surface area contributed by atoms with Crippen LogP contribution in [0.25, 0.3) is 0 Å². The van der Waals surface area contributed by atoms with E-state index in [0.29, 0.717) is 6.04 Å². The monoisotopic (exact) mass is 277 g/mol. The summed E-state index contributed by atoms with van der Waals surface area (Å²) in [5.74, 6) is 1.74. The molecule has 104 valence electrons. The highest BCUT2D eigenvalue weighted by molar-refractivity contribution is 7.14. The van der Waals surface area contributed by atoms with Crippen LogP contribution in [0.1, 0.15) is 53.2 Å². The Morgan fingerprint density at radius 2 is 2.16 bits per heavy atom. The van der Waals surface area contributed by atoms with Gasteiger partial charge in [-0.3, -0.25) is 4.79 Å². The van der Waals surface area contributed by atoms with Gasteiger partial charge in [0.1, 0.15) is 0 Å². The van der Waals surface area contributed by atoms with E-state index in [9.17, 15) is 4.79 Å². The average molecular weight is 277 g/mol. The van der Waals surface area contributed by atoms with Gasteiger partial charge in [-0.05, 0) is 62.5 Å². The molecule has 1 fully saturated rings. The van der Waals surface area contributed by atoms with E-state index < -0.39 is 0 Å². The quantitative estimate of drug-likeness (QED) is 0.824. The van der Waals surface area contributed by atoms with Crippen molar-refractivity contribution in [1.82, 2.24) is 4.90 Å². The summed E-state index contributed by atoms with van der Waals surface area (Å²) in [4.78, 5) is 16.9. The minimum absolute atomic E-state index is 0.228. The lowest BCUT2D eigenvalue weighted by Crippen LogP contribution is -2.35. The first-order valence-electron chi connectivity index (χ1n) is 7.45. The zero-order valence-electron chi connectivity index (χ0n) is 12.1. The van der Waals surface area contributed by atoms with Crippen molar-refractivity contribution in [1.29, 1.82) is 0 Å². The van der Waals surface area contributed by atoms with Crippen LogP contribution in [0.4, 0.5) is 0 Å². The number of fused-ring (bicyclic) bond motifs is 1. The molecule has 0 aliphatic heterocycles. The van der Waals surface area contributed by atoms with E-state index in [0.717, 1.165) is 29.6 Å². The predicted octanol–water partition coefficient (Wildman–Crippen LogP) is 3.74. The Balaban J connectivity index is 1.76. The first kappa shape index (κ1) is 13.2. The Hall–Kier alpha value is -0.830. The van der Waals surface area contributed by atoms with Crippen LogP contribution in [0.3, 0.4) is 0 Å². The van der Waals surface area contributed by atoms with Gasteiger partial charge >= 0.3 is 0 Å². The van der Waals surface area contributed by atoms with Gasteiger partial charge in [-0.2, -0.15) is 0 Å². The van der Waals surface area contributed by atoms with Crippen LogP contribution in [-0.2, 0) is 12.8 Å². The molecular weight excluding hydrogens is 254 g/mol. The third-order valence-electron chi connectivity index (χ3n) is 4.78. The topological polar surface area (TPSA) is 20.3 Å². The molecule has 0 bridgehead atoms. The molecule has 0 spiro atoms. The fourth-order valence-electron chi connectivity index (χ4n) is 3.06. The van der Waals surface area contributed by atoms with Crippen molar-refractivity contribution < 1.29 is 4.79 Å². The zero-order chi connectivity index (χ0) is 13.6. The lowest BCUT2D eigenvalue weighted by Gasteiger charge is -2.24. The van der Waals surface area contributed by atoms with Gasteiger partial charge in [0.05, 0.1) is 4.88 Å². The molecular formula is C16H23NOS. The fraction of sp³-hybridized carbons (Fsp3) is 0.688. The molecule has 1 heterocycles. The van der Waals surface area contributed by atoms with Crippen LogP contribution in [0.2, 0.25) is 0 Å². The molecule has 0 N–H and O–H groups in total. The van der Waals surface area contributed by atoms with E-state index in [-0.39, 0.29) is 5.91 Å². The summed E-state index contributed by atoms with van der Waals surface area (Å²) < 4.78 is 0.